The second-order valence-electron chi connectivity index (χ2n) is 15.7. The molecule has 210 valence electrons. The molecule has 0 N–H and O–H groups in total. The molecular weight excluding hydrogens is 463 g/mol. The highest BCUT2D eigenvalue weighted by molar-refractivity contribution is 7.60. The lowest BCUT2D eigenvalue weighted by Gasteiger charge is -2.52. The molecule has 8 atom stereocenters. The molecule has 7 saturated carbocycles. The summed E-state index contributed by atoms with van der Waals surface area (Å²) in [6.45, 7) is 0. The van der Waals surface area contributed by atoms with Crippen LogP contribution in [-0.4, -0.2) is 17.0 Å². The fraction of sp³-hybridized carbons (Fsp3) is 1.00. The van der Waals surface area contributed by atoms with Crippen molar-refractivity contribution >= 4 is 7.92 Å². The van der Waals surface area contributed by atoms with E-state index < -0.39 is 0 Å². The second-order valence-corrected chi connectivity index (χ2v) is 18.6. The molecule has 7 aliphatic carbocycles. The van der Waals surface area contributed by atoms with Crippen molar-refractivity contribution in [2.24, 2.45) is 47.3 Å². The Bertz CT molecular complexity index is 660. The Kier molecular flexibility index (Phi) is 8.63. The zero-order chi connectivity index (χ0) is 24.6. The zero-order valence-corrected chi connectivity index (χ0v) is 25.4. The van der Waals surface area contributed by atoms with E-state index in [0.717, 1.165) is 35.5 Å². The first-order valence-electron chi connectivity index (χ1n) is 18.2. The Labute approximate surface area is 232 Å². The molecule has 1 heteroatoms. The van der Waals surface area contributed by atoms with Gasteiger partial charge in [0, 0.05) is 0 Å². The van der Waals surface area contributed by atoms with Crippen molar-refractivity contribution in [3.63, 3.8) is 0 Å². The van der Waals surface area contributed by atoms with Crippen LogP contribution in [0.2, 0.25) is 0 Å². The molecule has 7 aliphatic rings. The van der Waals surface area contributed by atoms with Gasteiger partial charge in [0.15, 0.2) is 0 Å². The van der Waals surface area contributed by atoms with Crippen LogP contribution in [-0.2, 0) is 0 Å². The molecule has 37 heavy (non-hydrogen) atoms. The van der Waals surface area contributed by atoms with Crippen LogP contribution in [0, 0.1) is 47.3 Å². The van der Waals surface area contributed by atoms with Gasteiger partial charge < -0.3 is 0 Å². The first-order chi connectivity index (χ1) is 18.4. The molecule has 0 aliphatic heterocycles. The van der Waals surface area contributed by atoms with Gasteiger partial charge in [0.25, 0.3) is 0 Å². The van der Waals surface area contributed by atoms with Gasteiger partial charge in [0.05, 0.1) is 0 Å². The Hall–Kier alpha value is 0.430. The lowest BCUT2D eigenvalue weighted by molar-refractivity contribution is 0.145. The average molecular weight is 525 g/mol. The van der Waals surface area contributed by atoms with E-state index in [0.29, 0.717) is 0 Å². The van der Waals surface area contributed by atoms with Crippen LogP contribution in [0.1, 0.15) is 161 Å². The topological polar surface area (TPSA) is 0 Å². The van der Waals surface area contributed by atoms with Crippen LogP contribution >= 0.6 is 7.92 Å². The first kappa shape index (κ1) is 26.3. The first-order valence-corrected chi connectivity index (χ1v) is 19.7. The summed E-state index contributed by atoms with van der Waals surface area (Å²) >= 11 is 0. The molecule has 0 heterocycles. The minimum atomic E-state index is 0.248. The minimum Gasteiger partial charge on any atom is -0.0966 e. The van der Waals surface area contributed by atoms with Crippen molar-refractivity contribution in [2.75, 3.05) is 0 Å². The Morgan fingerprint density at radius 3 is 1.14 bits per heavy atom. The Morgan fingerprint density at radius 1 is 0.270 bits per heavy atom. The van der Waals surface area contributed by atoms with Crippen LogP contribution < -0.4 is 0 Å². The summed E-state index contributed by atoms with van der Waals surface area (Å²) in [5, 5.41) is 0. The highest BCUT2D eigenvalue weighted by Crippen LogP contribution is 2.69. The van der Waals surface area contributed by atoms with Gasteiger partial charge in [-0.1, -0.05) is 104 Å². The maximum atomic E-state index is 1.67. The molecule has 0 amide bonds. The standard InChI is InChI=1S/C36H61P/c1-4-12-26(13-5-1)29-22-24-33-31(29)18-10-20-35(33)37(28-16-8-3-9-17-28)36-21-11-19-32-30(23-25-34(32)36)27-14-6-2-7-15-27/h26-36H,1-25H2. The lowest BCUT2D eigenvalue weighted by Crippen LogP contribution is -2.41. The summed E-state index contributed by atoms with van der Waals surface area (Å²) in [5.41, 5.74) is 3.57. The quantitative estimate of drug-likeness (QED) is 0.314. The molecule has 0 radical (unpaired) electrons. The molecule has 0 bridgehead atoms. The minimum absolute atomic E-state index is 0.248. The van der Waals surface area contributed by atoms with Gasteiger partial charge in [-0.15, -0.1) is 0 Å². The van der Waals surface area contributed by atoms with Gasteiger partial charge >= 0.3 is 0 Å². The highest BCUT2D eigenvalue weighted by atomic mass is 31.1. The summed E-state index contributed by atoms with van der Waals surface area (Å²) in [7, 11) is 0.248. The summed E-state index contributed by atoms with van der Waals surface area (Å²) in [4.78, 5) is 0. The average Bonchev–Trinajstić information content (AvgIpc) is 3.61. The number of hydrogen-bond donors (Lipinski definition) is 0. The fourth-order valence-corrected chi connectivity index (χ4v) is 18.0. The number of rotatable bonds is 5. The largest absolute Gasteiger partial charge is 0.0966 e. The molecule has 7 rings (SSSR count). The van der Waals surface area contributed by atoms with Crippen LogP contribution in [0.15, 0.2) is 0 Å². The molecule has 0 aromatic rings. The molecule has 0 spiro atoms. The third-order valence-electron chi connectivity index (χ3n) is 14.2. The third kappa shape index (κ3) is 5.28. The molecule has 7 fully saturated rings. The van der Waals surface area contributed by atoms with E-state index in [1.54, 1.807) is 161 Å². The molecule has 0 aromatic carbocycles. The van der Waals surface area contributed by atoms with E-state index in [4.69, 9.17) is 0 Å². The third-order valence-corrected chi connectivity index (χ3v) is 18.4. The van der Waals surface area contributed by atoms with E-state index in [1.165, 1.54) is 28.8 Å². The molecule has 0 saturated heterocycles. The maximum absolute atomic E-state index is 1.67. The van der Waals surface area contributed by atoms with Crippen molar-refractivity contribution in [2.45, 2.75) is 177 Å². The molecular formula is C36H61P. The number of hydrogen-bond acceptors (Lipinski definition) is 0. The van der Waals surface area contributed by atoms with Crippen molar-refractivity contribution in [1.82, 2.24) is 0 Å². The molecule has 0 nitrogen and oxygen atoms in total. The van der Waals surface area contributed by atoms with Crippen molar-refractivity contribution in [3.05, 3.63) is 0 Å². The zero-order valence-electron chi connectivity index (χ0n) is 24.5. The molecule has 8 unspecified atom stereocenters. The second kappa shape index (κ2) is 12.1. The summed E-state index contributed by atoms with van der Waals surface area (Å²) in [5.74, 6) is 9.23. The SMILES string of the molecule is C1CCC(C2CCC3C2CCCC3P(C2CCCCC2)C2CCCC3C(C4CCCCC4)CCC32)CC1. The molecule has 0 aromatic heterocycles. The van der Waals surface area contributed by atoms with E-state index in [9.17, 15) is 0 Å². The van der Waals surface area contributed by atoms with E-state index in [1.807, 2.05) is 0 Å². The summed E-state index contributed by atoms with van der Waals surface area (Å²) in [6.07, 6.45) is 40.2. The van der Waals surface area contributed by atoms with Crippen LogP contribution in [0.25, 0.3) is 0 Å². The van der Waals surface area contributed by atoms with E-state index >= 15 is 0 Å². The predicted octanol–water partition coefficient (Wildman–Crippen LogP) is 11.4. The fourth-order valence-electron chi connectivity index (χ4n) is 12.8. The lowest BCUT2D eigenvalue weighted by atomic mass is 9.70. The van der Waals surface area contributed by atoms with Gasteiger partial charge in [-0.3, -0.25) is 0 Å². The maximum Gasteiger partial charge on any atom is -0.0173 e. The smallest absolute Gasteiger partial charge is 0.0173 e. The van der Waals surface area contributed by atoms with Crippen LogP contribution in [0.3, 0.4) is 0 Å². The van der Waals surface area contributed by atoms with Crippen molar-refractivity contribution in [1.29, 1.82) is 0 Å². The monoisotopic (exact) mass is 524 g/mol. The predicted molar refractivity (Wildman–Crippen MR) is 162 cm³/mol. The highest BCUT2D eigenvalue weighted by Gasteiger charge is 2.53. The van der Waals surface area contributed by atoms with E-state index in [-0.39, 0.29) is 7.92 Å². The summed E-state index contributed by atoms with van der Waals surface area (Å²) in [6, 6.07) is 0. The van der Waals surface area contributed by atoms with Crippen molar-refractivity contribution < 1.29 is 0 Å². The number of fused-ring (bicyclic) bond motifs is 2. The van der Waals surface area contributed by atoms with E-state index in [2.05, 4.69) is 0 Å². The van der Waals surface area contributed by atoms with Crippen molar-refractivity contribution in [3.8, 4) is 0 Å². The van der Waals surface area contributed by atoms with Crippen LogP contribution in [0.4, 0.5) is 0 Å². The Balaban J connectivity index is 1.13. The Morgan fingerprint density at radius 2 is 0.676 bits per heavy atom. The van der Waals surface area contributed by atoms with Gasteiger partial charge in [-0.2, -0.15) is 0 Å². The van der Waals surface area contributed by atoms with Gasteiger partial charge in [-0.05, 0) is 129 Å². The van der Waals surface area contributed by atoms with Gasteiger partial charge in [0.2, 0.25) is 0 Å². The normalized spacial score (nSPS) is 45.4. The van der Waals surface area contributed by atoms with Gasteiger partial charge in [-0.25, -0.2) is 0 Å². The summed E-state index contributed by atoms with van der Waals surface area (Å²) < 4.78 is 0. The van der Waals surface area contributed by atoms with Crippen LogP contribution in [0.5, 0.6) is 0 Å². The van der Waals surface area contributed by atoms with Gasteiger partial charge in [0.1, 0.15) is 0 Å².